The lowest BCUT2D eigenvalue weighted by Crippen LogP contribution is -2.60. The Hall–Kier alpha value is -3.64. The summed E-state index contributed by atoms with van der Waals surface area (Å²) in [4.78, 5) is 32.7. The fourth-order valence-electron chi connectivity index (χ4n) is 8.20. The number of benzene rings is 2. The number of likely N-dealkylation sites (tertiary alicyclic amines) is 2. The van der Waals surface area contributed by atoms with E-state index in [2.05, 4.69) is 27.3 Å². The highest BCUT2D eigenvalue weighted by Gasteiger charge is 2.53. The number of amides is 2. The van der Waals surface area contributed by atoms with Crippen LogP contribution in [0, 0.1) is 34.9 Å². The van der Waals surface area contributed by atoms with Crippen LogP contribution < -0.4 is 10.2 Å². The molecule has 3 saturated heterocycles. The number of nitrogens with one attached hydrogen (secondary N) is 1. The van der Waals surface area contributed by atoms with Crippen LogP contribution in [0.1, 0.15) is 49.7 Å². The number of halogens is 1. The second-order valence-electron chi connectivity index (χ2n) is 12.8. The fourth-order valence-corrected chi connectivity index (χ4v) is 8.20. The maximum Gasteiger partial charge on any atom is 0.407 e. The topological polar surface area (TPSA) is 88.9 Å². The number of piperidine rings is 1. The van der Waals surface area contributed by atoms with Crippen LogP contribution >= 0.6 is 0 Å². The number of carbonyl (C=O) groups excluding carboxylic acids is 2. The first-order valence-corrected chi connectivity index (χ1v) is 15.8. The Kier molecular flexibility index (Phi) is 8.58. The average molecular weight is 588 g/mol. The van der Waals surface area contributed by atoms with Gasteiger partial charge in [-0.25, -0.2) is 9.18 Å². The molecule has 3 heterocycles. The Morgan fingerprint density at radius 1 is 1.02 bits per heavy atom. The van der Waals surface area contributed by atoms with Crippen molar-refractivity contribution in [3.8, 4) is 6.07 Å². The third kappa shape index (κ3) is 5.82. The molecule has 1 N–H and O–H groups in total. The summed E-state index contributed by atoms with van der Waals surface area (Å²) in [6.07, 6.45) is 5.31. The number of methoxy groups -OCH3 is 1. The van der Waals surface area contributed by atoms with Crippen molar-refractivity contribution in [1.82, 2.24) is 15.1 Å². The summed E-state index contributed by atoms with van der Waals surface area (Å²) in [6.45, 7) is 5.67. The Morgan fingerprint density at radius 3 is 2.40 bits per heavy atom. The minimum absolute atomic E-state index is 0.0234. The summed E-state index contributed by atoms with van der Waals surface area (Å²) in [5.41, 5.74) is 2.35. The Bertz CT molecular complexity index is 1340. The van der Waals surface area contributed by atoms with E-state index in [-0.39, 0.29) is 40.9 Å². The minimum atomic E-state index is -0.412. The fraction of sp³-hybridized carbons (Fsp3) is 0.559. The lowest BCUT2D eigenvalue weighted by Gasteiger charge is -2.54. The smallest absolute Gasteiger partial charge is 0.407 e. The van der Waals surface area contributed by atoms with Crippen molar-refractivity contribution in [3.63, 3.8) is 0 Å². The second-order valence-corrected chi connectivity index (χ2v) is 12.8. The van der Waals surface area contributed by atoms with Crippen molar-refractivity contribution in [2.75, 3.05) is 57.8 Å². The summed E-state index contributed by atoms with van der Waals surface area (Å²) < 4.78 is 19.9. The monoisotopic (exact) mass is 587 g/mol. The number of carbonyl (C=O) groups is 2. The zero-order valence-electron chi connectivity index (χ0n) is 25.0. The van der Waals surface area contributed by atoms with Crippen LogP contribution in [-0.4, -0.2) is 80.8 Å². The number of nitriles is 1. The molecule has 1 saturated carbocycles. The van der Waals surface area contributed by atoms with Gasteiger partial charge in [-0.1, -0.05) is 18.6 Å². The molecule has 2 aromatic rings. The normalized spacial score (nSPS) is 24.4. The van der Waals surface area contributed by atoms with Crippen LogP contribution in [0.15, 0.2) is 48.5 Å². The van der Waals surface area contributed by atoms with Gasteiger partial charge in [0.25, 0.3) is 0 Å². The maximum absolute atomic E-state index is 14.9. The van der Waals surface area contributed by atoms with Crippen LogP contribution in [0.5, 0.6) is 0 Å². The first-order chi connectivity index (χ1) is 20.9. The molecule has 0 aromatic heterocycles. The predicted octanol–water partition coefficient (Wildman–Crippen LogP) is 4.54. The SMILES string of the molecule is COC(=O)N[C@H]1CCC[C@@H]1[C@](CN1CCC1)(c1cccc(F)c1)C1CCN(C(=O)C2CN(c3ccc(C#N)cc3)C2)CC1. The van der Waals surface area contributed by atoms with Gasteiger partial charge < -0.3 is 24.8 Å². The zero-order valence-corrected chi connectivity index (χ0v) is 25.0. The summed E-state index contributed by atoms with van der Waals surface area (Å²) >= 11 is 0. The number of rotatable bonds is 8. The lowest BCUT2D eigenvalue weighted by atomic mass is 9.57. The molecule has 6 rings (SSSR count). The van der Waals surface area contributed by atoms with Crippen molar-refractivity contribution in [2.24, 2.45) is 17.8 Å². The maximum atomic E-state index is 14.9. The van der Waals surface area contributed by atoms with Crippen LogP contribution in [0.4, 0.5) is 14.9 Å². The van der Waals surface area contributed by atoms with E-state index >= 15 is 0 Å². The van der Waals surface area contributed by atoms with Crippen LogP contribution in [0.3, 0.4) is 0 Å². The molecule has 0 unspecified atom stereocenters. The molecule has 3 atom stereocenters. The predicted molar refractivity (Wildman–Crippen MR) is 162 cm³/mol. The molecule has 9 heteroatoms. The number of hydrogen-bond donors (Lipinski definition) is 1. The van der Waals surface area contributed by atoms with Gasteiger partial charge in [0.15, 0.2) is 0 Å². The highest BCUT2D eigenvalue weighted by Crippen LogP contribution is 2.51. The molecule has 43 heavy (non-hydrogen) atoms. The lowest BCUT2D eigenvalue weighted by molar-refractivity contribution is -0.138. The quantitative estimate of drug-likeness (QED) is 0.488. The van der Waals surface area contributed by atoms with Gasteiger partial charge >= 0.3 is 6.09 Å². The van der Waals surface area contributed by atoms with Gasteiger partial charge in [-0.3, -0.25) is 4.79 Å². The zero-order chi connectivity index (χ0) is 30.0. The van der Waals surface area contributed by atoms with E-state index in [4.69, 9.17) is 10.00 Å². The molecule has 2 amide bonds. The molecule has 0 radical (unpaired) electrons. The minimum Gasteiger partial charge on any atom is -0.453 e. The Labute approximate surface area is 253 Å². The number of ether oxygens (including phenoxy) is 1. The van der Waals surface area contributed by atoms with E-state index in [0.717, 1.165) is 63.0 Å². The van der Waals surface area contributed by atoms with Gasteiger partial charge in [0, 0.05) is 49.9 Å². The number of anilines is 1. The number of hydrogen-bond acceptors (Lipinski definition) is 6. The van der Waals surface area contributed by atoms with E-state index in [1.165, 1.54) is 19.6 Å². The molecule has 228 valence electrons. The molecular formula is C34H42FN5O3. The Morgan fingerprint density at radius 2 is 1.77 bits per heavy atom. The van der Waals surface area contributed by atoms with Gasteiger partial charge in [0.2, 0.25) is 5.91 Å². The molecular weight excluding hydrogens is 545 g/mol. The molecule has 3 aliphatic heterocycles. The average Bonchev–Trinajstić information content (AvgIpc) is 3.44. The van der Waals surface area contributed by atoms with Crippen LogP contribution in [-0.2, 0) is 14.9 Å². The van der Waals surface area contributed by atoms with Crippen molar-refractivity contribution in [1.29, 1.82) is 5.26 Å². The van der Waals surface area contributed by atoms with Crippen LogP contribution in [0.25, 0.3) is 0 Å². The molecule has 0 bridgehead atoms. The second kappa shape index (κ2) is 12.5. The van der Waals surface area contributed by atoms with E-state index in [1.54, 1.807) is 6.07 Å². The van der Waals surface area contributed by atoms with Crippen molar-refractivity contribution in [3.05, 3.63) is 65.5 Å². The van der Waals surface area contributed by atoms with E-state index in [1.807, 2.05) is 35.2 Å². The van der Waals surface area contributed by atoms with E-state index in [0.29, 0.717) is 31.7 Å². The van der Waals surface area contributed by atoms with Crippen molar-refractivity contribution < 1.29 is 18.7 Å². The first kappa shape index (κ1) is 29.4. The molecule has 0 spiro atoms. The molecule has 1 aliphatic carbocycles. The van der Waals surface area contributed by atoms with Crippen LogP contribution in [0.2, 0.25) is 0 Å². The number of alkyl carbamates (subject to hydrolysis) is 1. The molecule has 8 nitrogen and oxygen atoms in total. The van der Waals surface area contributed by atoms with Crippen molar-refractivity contribution in [2.45, 2.75) is 50.0 Å². The third-order valence-corrected chi connectivity index (χ3v) is 10.6. The standard InChI is InChI=1S/C34H42FN5O3/c1-43-33(42)37-31-8-3-7-30(31)34(23-38-15-4-16-38,27-5-2-6-28(35)19-27)26-13-17-39(18-14-26)32(41)25-21-40(22-25)29-11-9-24(20-36)10-12-29/h2,5-6,9-12,19,25-26,30-31H,3-4,7-8,13-18,21-23H2,1H3,(H,37,42)/t30-,31-,34-/m0/s1. The summed E-state index contributed by atoms with van der Waals surface area (Å²) in [6, 6.07) is 16.8. The van der Waals surface area contributed by atoms with E-state index in [9.17, 15) is 14.0 Å². The summed E-state index contributed by atoms with van der Waals surface area (Å²) in [5.74, 6) is 0.359. The summed E-state index contributed by atoms with van der Waals surface area (Å²) in [5, 5.41) is 12.2. The Balaban J connectivity index is 1.20. The number of nitrogens with zero attached hydrogens (tertiary/aromatic N) is 4. The first-order valence-electron chi connectivity index (χ1n) is 15.8. The van der Waals surface area contributed by atoms with Gasteiger partial charge in [0.05, 0.1) is 24.7 Å². The largest absolute Gasteiger partial charge is 0.453 e. The molecule has 4 fully saturated rings. The van der Waals surface area contributed by atoms with Gasteiger partial charge in [0.1, 0.15) is 5.82 Å². The van der Waals surface area contributed by atoms with Gasteiger partial charge in [-0.05, 0) is 99.0 Å². The van der Waals surface area contributed by atoms with E-state index < -0.39 is 6.09 Å². The highest BCUT2D eigenvalue weighted by atomic mass is 19.1. The highest BCUT2D eigenvalue weighted by molar-refractivity contribution is 5.82. The molecule has 2 aromatic carbocycles. The third-order valence-electron chi connectivity index (χ3n) is 10.6. The van der Waals surface area contributed by atoms with Crippen molar-refractivity contribution >= 4 is 17.7 Å². The van der Waals surface area contributed by atoms with Gasteiger partial charge in [-0.15, -0.1) is 0 Å². The summed E-state index contributed by atoms with van der Waals surface area (Å²) in [7, 11) is 1.40. The molecule has 4 aliphatic rings. The van der Waals surface area contributed by atoms with Gasteiger partial charge in [-0.2, -0.15) is 5.26 Å².